The average Bonchev–Trinajstić information content (AvgIpc) is 2.45. The number of piperidine rings is 1. The van der Waals surface area contributed by atoms with Gasteiger partial charge in [-0.1, -0.05) is 18.0 Å². The van der Waals surface area contributed by atoms with E-state index in [1.165, 1.54) is 37.5 Å². The largest absolute Gasteiger partial charge is 0.399 e. The van der Waals surface area contributed by atoms with Crippen LogP contribution in [0.1, 0.15) is 26.2 Å². The Balaban J connectivity index is 2.00. The van der Waals surface area contributed by atoms with E-state index in [4.69, 9.17) is 17.3 Å². The lowest BCUT2D eigenvalue weighted by molar-refractivity contribution is 0.175. The van der Waals surface area contributed by atoms with Gasteiger partial charge >= 0.3 is 0 Å². The van der Waals surface area contributed by atoms with Gasteiger partial charge in [0.15, 0.2) is 0 Å². The third kappa shape index (κ3) is 4.32. The smallest absolute Gasteiger partial charge is 0.242 e. The Morgan fingerprint density at radius 3 is 2.62 bits per heavy atom. The number of nitrogen functional groups attached to an aromatic ring is 1. The van der Waals surface area contributed by atoms with Crippen molar-refractivity contribution in [3.05, 3.63) is 23.2 Å². The summed E-state index contributed by atoms with van der Waals surface area (Å²) in [5.74, 6) is 0. The highest BCUT2D eigenvalue weighted by atomic mass is 35.5. The minimum atomic E-state index is -3.61. The molecule has 1 fully saturated rings. The summed E-state index contributed by atoms with van der Waals surface area (Å²) in [4.78, 5) is 2.39. The lowest BCUT2D eigenvalue weighted by Gasteiger charge is -2.32. The van der Waals surface area contributed by atoms with Crippen LogP contribution in [0.15, 0.2) is 23.1 Å². The van der Waals surface area contributed by atoms with Gasteiger partial charge < -0.3 is 5.73 Å². The molecule has 1 unspecified atom stereocenters. The lowest BCUT2D eigenvalue weighted by atomic mass is 10.1. The zero-order valence-corrected chi connectivity index (χ0v) is 13.8. The standard InChI is InChI=1S/C14H22ClN3O2S/c1-11(18-7-3-2-4-8-18)10-17-21(19,20)14-6-5-12(16)9-13(14)15/h5-6,9,11,17H,2-4,7-8,10,16H2,1H3. The summed E-state index contributed by atoms with van der Waals surface area (Å²) in [6.07, 6.45) is 3.62. The highest BCUT2D eigenvalue weighted by Crippen LogP contribution is 2.23. The van der Waals surface area contributed by atoms with E-state index in [1.54, 1.807) is 0 Å². The fourth-order valence-electron chi connectivity index (χ4n) is 2.53. The molecule has 21 heavy (non-hydrogen) atoms. The van der Waals surface area contributed by atoms with Crippen molar-refractivity contribution in [3.8, 4) is 0 Å². The van der Waals surface area contributed by atoms with Gasteiger partial charge in [0.05, 0.1) is 5.02 Å². The van der Waals surface area contributed by atoms with Crippen molar-refractivity contribution < 1.29 is 8.42 Å². The molecule has 3 N–H and O–H groups in total. The highest BCUT2D eigenvalue weighted by molar-refractivity contribution is 7.89. The summed E-state index contributed by atoms with van der Waals surface area (Å²) in [5.41, 5.74) is 6.03. The molecule has 1 aliphatic rings. The number of rotatable bonds is 5. The predicted octanol–water partition coefficient (Wildman–Crippen LogP) is 2.07. The van der Waals surface area contributed by atoms with Crippen LogP contribution in [0.5, 0.6) is 0 Å². The second-order valence-corrected chi connectivity index (χ2v) is 7.63. The quantitative estimate of drug-likeness (QED) is 0.810. The van der Waals surface area contributed by atoms with Gasteiger partial charge in [0.25, 0.3) is 0 Å². The number of benzene rings is 1. The molecule has 118 valence electrons. The van der Waals surface area contributed by atoms with Gasteiger partial charge in [-0.2, -0.15) is 0 Å². The van der Waals surface area contributed by atoms with Crippen LogP contribution >= 0.6 is 11.6 Å². The highest BCUT2D eigenvalue weighted by Gasteiger charge is 2.21. The number of hydrogen-bond donors (Lipinski definition) is 2. The van der Waals surface area contributed by atoms with Crippen molar-refractivity contribution in [3.63, 3.8) is 0 Å². The summed E-state index contributed by atoms with van der Waals surface area (Å²) < 4.78 is 27.2. The van der Waals surface area contributed by atoms with E-state index in [2.05, 4.69) is 9.62 Å². The van der Waals surface area contributed by atoms with E-state index in [-0.39, 0.29) is 16.0 Å². The topological polar surface area (TPSA) is 75.4 Å². The maximum atomic E-state index is 12.3. The van der Waals surface area contributed by atoms with Gasteiger partial charge in [-0.3, -0.25) is 4.90 Å². The van der Waals surface area contributed by atoms with E-state index in [9.17, 15) is 8.42 Å². The van der Waals surface area contributed by atoms with Crippen LogP contribution in [0, 0.1) is 0 Å². The van der Waals surface area contributed by atoms with Crippen molar-refractivity contribution >= 4 is 27.3 Å². The van der Waals surface area contributed by atoms with Crippen molar-refractivity contribution in [2.24, 2.45) is 0 Å². The summed E-state index contributed by atoms with van der Waals surface area (Å²) in [6.45, 7) is 4.48. The fourth-order valence-corrected chi connectivity index (χ4v) is 4.20. The fraction of sp³-hybridized carbons (Fsp3) is 0.571. The molecule has 0 aromatic heterocycles. The molecule has 1 aromatic rings. The summed E-state index contributed by atoms with van der Waals surface area (Å²) in [6, 6.07) is 4.59. The first-order valence-corrected chi connectivity index (χ1v) is 9.05. The Hall–Kier alpha value is -0.820. The molecule has 1 aromatic carbocycles. The Bertz CT molecular complexity index is 586. The maximum absolute atomic E-state index is 12.3. The summed E-state index contributed by atoms with van der Waals surface area (Å²) in [7, 11) is -3.61. The lowest BCUT2D eigenvalue weighted by Crippen LogP contribution is -2.44. The summed E-state index contributed by atoms with van der Waals surface area (Å²) >= 11 is 5.97. The van der Waals surface area contributed by atoms with Gasteiger partial charge in [0.2, 0.25) is 10.0 Å². The molecule has 1 aliphatic heterocycles. The number of nitrogens with two attached hydrogens (primary N) is 1. The third-order valence-corrected chi connectivity index (χ3v) is 5.73. The molecule has 0 saturated carbocycles. The number of hydrogen-bond acceptors (Lipinski definition) is 4. The zero-order valence-electron chi connectivity index (χ0n) is 12.2. The third-order valence-electron chi connectivity index (χ3n) is 3.83. The zero-order chi connectivity index (χ0) is 15.5. The first-order valence-electron chi connectivity index (χ1n) is 7.19. The number of nitrogens with one attached hydrogen (secondary N) is 1. The van der Waals surface area contributed by atoms with Gasteiger partial charge in [0, 0.05) is 18.3 Å². The van der Waals surface area contributed by atoms with E-state index < -0.39 is 10.0 Å². The normalized spacial score (nSPS) is 18.6. The molecule has 0 bridgehead atoms. The Labute approximate surface area is 131 Å². The average molecular weight is 332 g/mol. The van der Waals surface area contributed by atoms with E-state index in [0.717, 1.165) is 13.1 Å². The molecule has 1 heterocycles. The van der Waals surface area contributed by atoms with Crippen LogP contribution in [0.3, 0.4) is 0 Å². The SMILES string of the molecule is CC(CNS(=O)(=O)c1ccc(N)cc1Cl)N1CCCCC1. The van der Waals surface area contributed by atoms with Gasteiger partial charge in [0.1, 0.15) is 4.90 Å². The molecule has 0 aliphatic carbocycles. The van der Waals surface area contributed by atoms with Gasteiger partial charge in [-0.05, 0) is 51.1 Å². The molecule has 0 amide bonds. The first-order chi connectivity index (χ1) is 9.90. The molecule has 0 spiro atoms. The minimum absolute atomic E-state index is 0.0733. The molecule has 1 saturated heterocycles. The van der Waals surface area contributed by atoms with Gasteiger partial charge in [-0.25, -0.2) is 13.1 Å². The number of halogens is 1. The Morgan fingerprint density at radius 2 is 2.00 bits per heavy atom. The predicted molar refractivity (Wildman–Crippen MR) is 85.9 cm³/mol. The number of sulfonamides is 1. The molecule has 1 atom stereocenters. The van der Waals surface area contributed by atoms with Crippen molar-refractivity contribution in [2.75, 3.05) is 25.4 Å². The minimum Gasteiger partial charge on any atom is -0.399 e. The number of likely N-dealkylation sites (tertiary alicyclic amines) is 1. The molecule has 2 rings (SSSR count). The molecule has 0 radical (unpaired) electrons. The van der Waals surface area contributed by atoms with Crippen LogP contribution in [0.25, 0.3) is 0 Å². The molecular formula is C14H22ClN3O2S. The van der Waals surface area contributed by atoms with E-state index in [0.29, 0.717) is 12.2 Å². The van der Waals surface area contributed by atoms with Crippen LogP contribution in [0.4, 0.5) is 5.69 Å². The van der Waals surface area contributed by atoms with Gasteiger partial charge in [-0.15, -0.1) is 0 Å². The maximum Gasteiger partial charge on any atom is 0.242 e. The molecule has 5 nitrogen and oxygen atoms in total. The van der Waals surface area contributed by atoms with E-state index >= 15 is 0 Å². The van der Waals surface area contributed by atoms with Crippen molar-refractivity contribution in [1.82, 2.24) is 9.62 Å². The number of anilines is 1. The number of nitrogens with zero attached hydrogens (tertiary/aromatic N) is 1. The second-order valence-electron chi connectivity index (χ2n) is 5.49. The Kier molecular flexibility index (Phi) is 5.48. The summed E-state index contributed by atoms with van der Waals surface area (Å²) in [5, 5.41) is 0.146. The van der Waals surface area contributed by atoms with Crippen LogP contribution in [-0.4, -0.2) is 39.0 Å². The van der Waals surface area contributed by atoms with Crippen LogP contribution in [0.2, 0.25) is 5.02 Å². The van der Waals surface area contributed by atoms with Crippen molar-refractivity contribution in [2.45, 2.75) is 37.1 Å². The first kappa shape index (κ1) is 16.5. The van der Waals surface area contributed by atoms with Crippen LogP contribution < -0.4 is 10.5 Å². The van der Waals surface area contributed by atoms with Crippen LogP contribution in [-0.2, 0) is 10.0 Å². The second kappa shape index (κ2) is 6.96. The Morgan fingerprint density at radius 1 is 1.33 bits per heavy atom. The van der Waals surface area contributed by atoms with E-state index in [1.807, 2.05) is 6.92 Å². The monoisotopic (exact) mass is 331 g/mol. The molecular weight excluding hydrogens is 310 g/mol. The van der Waals surface area contributed by atoms with Crippen molar-refractivity contribution in [1.29, 1.82) is 0 Å². The molecule has 7 heteroatoms.